The third-order valence-electron chi connectivity index (χ3n) is 2.55. The van der Waals surface area contributed by atoms with Gasteiger partial charge >= 0.3 is 0 Å². The first kappa shape index (κ1) is 14.9. The quantitative estimate of drug-likeness (QED) is 0.391. The fourth-order valence-electron chi connectivity index (χ4n) is 1.55. The van der Waals surface area contributed by atoms with E-state index in [0.717, 1.165) is 19.6 Å². The van der Waals surface area contributed by atoms with Crippen LogP contribution in [0.3, 0.4) is 0 Å². The van der Waals surface area contributed by atoms with E-state index in [1.54, 1.807) is 0 Å². The summed E-state index contributed by atoms with van der Waals surface area (Å²) in [7, 11) is 0. The lowest BCUT2D eigenvalue weighted by Crippen LogP contribution is -2.15. The highest BCUT2D eigenvalue weighted by atomic mass is 16.6. The molecule has 2 nitrogen and oxygen atoms in total. The maximum atomic E-state index is 5.27. The van der Waals surface area contributed by atoms with Gasteiger partial charge in [-0.2, -0.15) is 0 Å². The maximum absolute atomic E-state index is 5.27. The Hall–Kier alpha value is -0.0800. The highest BCUT2D eigenvalue weighted by molar-refractivity contribution is 4.45. The van der Waals surface area contributed by atoms with Gasteiger partial charge in [0.1, 0.15) is 0 Å². The van der Waals surface area contributed by atoms with Gasteiger partial charge in [-0.05, 0) is 12.8 Å². The number of nitrogens with one attached hydrogen (secondary N) is 1. The van der Waals surface area contributed by atoms with Crippen LogP contribution >= 0.6 is 0 Å². The Morgan fingerprint density at radius 3 is 1.93 bits per heavy atom. The fourth-order valence-corrected chi connectivity index (χ4v) is 1.55. The molecule has 0 rings (SSSR count). The highest BCUT2D eigenvalue weighted by Crippen LogP contribution is 2.07. The zero-order chi connectivity index (χ0) is 11.2. The molecule has 0 aromatic carbocycles. The van der Waals surface area contributed by atoms with Crippen molar-refractivity contribution < 1.29 is 4.84 Å². The SMILES string of the molecule is CCCCCCCCCCONCCC. The van der Waals surface area contributed by atoms with Gasteiger partial charge in [0.05, 0.1) is 6.61 Å². The van der Waals surface area contributed by atoms with Crippen molar-refractivity contribution in [1.82, 2.24) is 5.48 Å². The number of hydroxylamine groups is 1. The maximum Gasteiger partial charge on any atom is 0.0682 e. The second kappa shape index (κ2) is 13.9. The standard InChI is InChI=1S/C13H29NO/c1-3-5-6-7-8-9-10-11-13-15-14-12-4-2/h14H,3-13H2,1-2H3. The monoisotopic (exact) mass is 215 g/mol. The van der Waals surface area contributed by atoms with Crippen molar-refractivity contribution in [2.24, 2.45) is 0 Å². The lowest BCUT2D eigenvalue weighted by Gasteiger charge is -2.04. The zero-order valence-corrected chi connectivity index (χ0v) is 10.7. The molecule has 1 N–H and O–H groups in total. The van der Waals surface area contributed by atoms with Crippen molar-refractivity contribution in [3.8, 4) is 0 Å². The van der Waals surface area contributed by atoms with E-state index in [1.165, 1.54) is 51.4 Å². The van der Waals surface area contributed by atoms with Gasteiger partial charge < -0.3 is 4.84 Å². The van der Waals surface area contributed by atoms with Crippen molar-refractivity contribution in [3.63, 3.8) is 0 Å². The smallest absolute Gasteiger partial charge is 0.0682 e. The molecule has 92 valence electrons. The number of unbranched alkanes of at least 4 members (excludes halogenated alkanes) is 7. The Balaban J connectivity index is 2.81. The first-order chi connectivity index (χ1) is 7.41. The van der Waals surface area contributed by atoms with Crippen molar-refractivity contribution in [2.45, 2.75) is 71.6 Å². The van der Waals surface area contributed by atoms with Gasteiger partial charge in [0.15, 0.2) is 0 Å². The molecular formula is C13H29NO. The molecule has 0 unspecified atom stereocenters. The highest BCUT2D eigenvalue weighted by Gasteiger charge is 1.91. The van der Waals surface area contributed by atoms with Crippen molar-refractivity contribution in [3.05, 3.63) is 0 Å². The van der Waals surface area contributed by atoms with Gasteiger partial charge in [-0.15, -0.1) is 0 Å². The summed E-state index contributed by atoms with van der Waals surface area (Å²) in [6, 6.07) is 0. The van der Waals surface area contributed by atoms with Gasteiger partial charge in [0.2, 0.25) is 0 Å². The lowest BCUT2D eigenvalue weighted by molar-refractivity contribution is 0.0387. The molecular weight excluding hydrogens is 186 g/mol. The summed E-state index contributed by atoms with van der Waals surface area (Å²) in [5.74, 6) is 0. The Kier molecular flexibility index (Phi) is 13.8. The minimum Gasteiger partial charge on any atom is -0.302 e. The number of hydrogen-bond acceptors (Lipinski definition) is 2. The second-order valence-corrected chi connectivity index (χ2v) is 4.22. The van der Waals surface area contributed by atoms with Crippen LogP contribution in [0.4, 0.5) is 0 Å². The van der Waals surface area contributed by atoms with Crippen LogP contribution in [-0.4, -0.2) is 13.2 Å². The van der Waals surface area contributed by atoms with Crippen molar-refractivity contribution in [1.29, 1.82) is 0 Å². The summed E-state index contributed by atoms with van der Waals surface area (Å²) in [5.41, 5.74) is 2.95. The molecule has 0 heterocycles. The van der Waals surface area contributed by atoms with Gasteiger partial charge in [0, 0.05) is 6.54 Å². The summed E-state index contributed by atoms with van der Waals surface area (Å²) >= 11 is 0. The molecule has 15 heavy (non-hydrogen) atoms. The van der Waals surface area contributed by atoms with Gasteiger partial charge in [0.25, 0.3) is 0 Å². The molecule has 0 bridgehead atoms. The van der Waals surface area contributed by atoms with E-state index in [-0.39, 0.29) is 0 Å². The first-order valence-corrected chi connectivity index (χ1v) is 6.76. The molecule has 0 radical (unpaired) electrons. The van der Waals surface area contributed by atoms with E-state index in [9.17, 15) is 0 Å². The second-order valence-electron chi connectivity index (χ2n) is 4.22. The molecule has 0 aliphatic rings. The molecule has 0 aromatic rings. The van der Waals surface area contributed by atoms with Crippen LogP contribution in [0.1, 0.15) is 71.6 Å². The van der Waals surface area contributed by atoms with E-state index in [1.807, 2.05) is 0 Å². The predicted molar refractivity (Wildman–Crippen MR) is 66.9 cm³/mol. The van der Waals surface area contributed by atoms with Crippen LogP contribution in [0.15, 0.2) is 0 Å². The molecule has 0 spiro atoms. The zero-order valence-electron chi connectivity index (χ0n) is 10.7. The van der Waals surface area contributed by atoms with Crippen LogP contribution in [0.5, 0.6) is 0 Å². The molecule has 0 fully saturated rings. The third kappa shape index (κ3) is 13.9. The first-order valence-electron chi connectivity index (χ1n) is 6.76. The Morgan fingerprint density at radius 2 is 1.33 bits per heavy atom. The normalized spacial score (nSPS) is 10.8. The summed E-state index contributed by atoms with van der Waals surface area (Å²) in [6.45, 7) is 6.25. The van der Waals surface area contributed by atoms with E-state index in [4.69, 9.17) is 4.84 Å². The van der Waals surface area contributed by atoms with E-state index in [0.29, 0.717) is 0 Å². The molecule has 0 aliphatic carbocycles. The van der Waals surface area contributed by atoms with Crippen molar-refractivity contribution >= 4 is 0 Å². The molecule has 0 saturated heterocycles. The minimum atomic E-state index is 0.870. The molecule has 0 aliphatic heterocycles. The number of rotatable bonds is 12. The van der Waals surface area contributed by atoms with E-state index < -0.39 is 0 Å². The Labute approximate surface area is 95.7 Å². The molecule has 0 saturated carbocycles. The van der Waals surface area contributed by atoms with Gasteiger partial charge in [-0.3, -0.25) is 0 Å². The molecule has 0 aromatic heterocycles. The van der Waals surface area contributed by atoms with E-state index in [2.05, 4.69) is 19.3 Å². The number of hydrogen-bond donors (Lipinski definition) is 1. The average molecular weight is 215 g/mol. The van der Waals surface area contributed by atoms with Gasteiger partial charge in [-0.1, -0.05) is 58.8 Å². The predicted octanol–water partition coefficient (Wildman–Crippen LogP) is 4.06. The Bertz CT molecular complexity index is 94.7. The minimum absolute atomic E-state index is 0.870. The lowest BCUT2D eigenvalue weighted by atomic mass is 10.1. The molecule has 0 amide bonds. The average Bonchev–Trinajstić information content (AvgIpc) is 2.26. The van der Waals surface area contributed by atoms with E-state index >= 15 is 0 Å². The van der Waals surface area contributed by atoms with Crippen LogP contribution in [-0.2, 0) is 4.84 Å². The summed E-state index contributed by atoms with van der Waals surface area (Å²) in [5, 5.41) is 0. The third-order valence-corrected chi connectivity index (χ3v) is 2.55. The van der Waals surface area contributed by atoms with Crippen LogP contribution < -0.4 is 5.48 Å². The largest absolute Gasteiger partial charge is 0.302 e. The fraction of sp³-hybridized carbons (Fsp3) is 1.00. The molecule has 0 atom stereocenters. The van der Waals surface area contributed by atoms with Crippen molar-refractivity contribution in [2.75, 3.05) is 13.2 Å². The summed E-state index contributed by atoms with van der Waals surface area (Å²) in [6.07, 6.45) is 12.0. The summed E-state index contributed by atoms with van der Waals surface area (Å²) in [4.78, 5) is 5.27. The summed E-state index contributed by atoms with van der Waals surface area (Å²) < 4.78 is 0. The molecule has 2 heteroatoms. The van der Waals surface area contributed by atoms with Crippen LogP contribution in [0, 0.1) is 0 Å². The van der Waals surface area contributed by atoms with Crippen LogP contribution in [0.2, 0.25) is 0 Å². The topological polar surface area (TPSA) is 21.3 Å². The van der Waals surface area contributed by atoms with Gasteiger partial charge in [-0.25, -0.2) is 5.48 Å². The van der Waals surface area contributed by atoms with Crippen LogP contribution in [0.25, 0.3) is 0 Å². The Morgan fingerprint density at radius 1 is 0.733 bits per heavy atom.